The summed E-state index contributed by atoms with van der Waals surface area (Å²) in [5.74, 6) is -1.73. The molecule has 0 fully saturated rings. The van der Waals surface area contributed by atoms with Gasteiger partial charge in [-0.05, 0) is 43.5 Å². The van der Waals surface area contributed by atoms with Crippen molar-refractivity contribution in [2.24, 2.45) is 5.73 Å². The van der Waals surface area contributed by atoms with Gasteiger partial charge in [0.05, 0.1) is 6.04 Å². The van der Waals surface area contributed by atoms with Crippen molar-refractivity contribution < 1.29 is 8.78 Å². The van der Waals surface area contributed by atoms with Crippen molar-refractivity contribution in [2.45, 2.75) is 26.8 Å². The minimum absolute atomic E-state index is 0.190. The zero-order valence-corrected chi connectivity index (χ0v) is 11.3. The first-order chi connectivity index (χ1) is 8.91. The maximum absolute atomic E-state index is 13.8. The van der Waals surface area contributed by atoms with Gasteiger partial charge in [-0.1, -0.05) is 29.8 Å². The summed E-state index contributed by atoms with van der Waals surface area (Å²) >= 11 is 0. The van der Waals surface area contributed by atoms with Crippen LogP contribution in [0.25, 0.3) is 0 Å². The molecule has 0 saturated carbocycles. The lowest BCUT2D eigenvalue weighted by Gasteiger charge is -2.19. The number of rotatable bonds is 2. The van der Waals surface area contributed by atoms with Gasteiger partial charge in [-0.3, -0.25) is 0 Å². The minimum atomic E-state index is -0.866. The normalized spacial score (nSPS) is 12.5. The third kappa shape index (κ3) is 2.51. The summed E-state index contributed by atoms with van der Waals surface area (Å²) in [7, 11) is 0. The van der Waals surface area contributed by atoms with Gasteiger partial charge in [0.1, 0.15) is 0 Å². The molecule has 0 aliphatic heterocycles. The third-order valence-electron chi connectivity index (χ3n) is 3.37. The van der Waals surface area contributed by atoms with Crippen LogP contribution in [-0.2, 0) is 0 Å². The number of benzene rings is 2. The van der Waals surface area contributed by atoms with E-state index in [0.29, 0.717) is 0 Å². The fourth-order valence-corrected chi connectivity index (χ4v) is 2.60. The molecule has 0 bridgehead atoms. The first-order valence-electron chi connectivity index (χ1n) is 6.19. The molecule has 100 valence electrons. The molecule has 2 rings (SSSR count). The molecule has 0 amide bonds. The van der Waals surface area contributed by atoms with E-state index in [9.17, 15) is 8.78 Å². The largest absolute Gasteiger partial charge is 0.320 e. The van der Waals surface area contributed by atoms with E-state index in [1.807, 2.05) is 32.9 Å². The number of aryl methyl sites for hydroxylation is 3. The van der Waals surface area contributed by atoms with E-state index in [1.54, 1.807) is 0 Å². The Hall–Kier alpha value is -1.74. The zero-order valence-electron chi connectivity index (χ0n) is 11.3. The molecule has 1 atom stereocenters. The van der Waals surface area contributed by atoms with Crippen LogP contribution in [0.2, 0.25) is 0 Å². The Balaban J connectivity index is 2.56. The molecule has 0 aromatic heterocycles. The zero-order chi connectivity index (χ0) is 14.2. The van der Waals surface area contributed by atoms with E-state index in [2.05, 4.69) is 0 Å². The summed E-state index contributed by atoms with van der Waals surface area (Å²) in [5.41, 5.74) is 10.3. The lowest BCUT2D eigenvalue weighted by Crippen LogP contribution is -2.17. The van der Waals surface area contributed by atoms with Crippen LogP contribution in [0.4, 0.5) is 8.78 Å². The SMILES string of the molecule is Cc1cc(C)c(C(N)c2cccc(F)c2F)c(C)c1. The lowest BCUT2D eigenvalue weighted by molar-refractivity contribution is 0.494. The van der Waals surface area contributed by atoms with Crippen LogP contribution in [0.15, 0.2) is 30.3 Å². The Bertz CT molecular complexity index is 597. The predicted octanol–water partition coefficient (Wildman–Crippen LogP) is 3.94. The summed E-state index contributed by atoms with van der Waals surface area (Å²) < 4.78 is 27.1. The Labute approximate surface area is 112 Å². The molecule has 2 aromatic rings. The highest BCUT2D eigenvalue weighted by Crippen LogP contribution is 2.29. The maximum Gasteiger partial charge on any atom is 0.163 e. The average Bonchev–Trinajstić information content (AvgIpc) is 2.31. The number of hydrogen-bond acceptors (Lipinski definition) is 1. The summed E-state index contributed by atoms with van der Waals surface area (Å²) in [4.78, 5) is 0. The van der Waals surface area contributed by atoms with Crippen LogP contribution >= 0.6 is 0 Å². The van der Waals surface area contributed by atoms with E-state index in [0.717, 1.165) is 28.3 Å². The average molecular weight is 261 g/mol. The molecule has 1 unspecified atom stereocenters. The van der Waals surface area contributed by atoms with Crippen LogP contribution < -0.4 is 5.73 Å². The van der Waals surface area contributed by atoms with Crippen molar-refractivity contribution in [2.75, 3.05) is 0 Å². The second kappa shape index (κ2) is 5.10. The van der Waals surface area contributed by atoms with Crippen LogP contribution in [-0.4, -0.2) is 0 Å². The number of hydrogen-bond donors (Lipinski definition) is 1. The molecule has 3 heteroatoms. The molecule has 0 radical (unpaired) electrons. The molecular weight excluding hydrogens is 244 g/mol. The maximum atomic E-state index is 13.8. The van der Waals surface area contributed by atoms with Crippen molar-refractivity contribution in [1.29, 1.82) is 0 Å². The molecule has 0 aliphatic carbocycles. The first-order valence-corrected chi connectivity index (χ1v) is 6.19. The highest BCUT2D eigenvalue weighted by molar-refractivity contribution is 5.44. The second-order valence-corrected chi connectivity index (χ2v) is 4.93. The van der Waals surface area contributed by atoms with E-state index in [4.69, 9.17) is 5.73 Å². The van der Waals surface area contributed by atoms with Crippen molar-refractivity contribution in [3.63, 3.8) is 0 Å². The molecule has 0 saturated heterocycles. The van der Waals surface area contributed by atoms with Crippen LogP contribution in [0.5, 0.6) is 0 Å². The number of halogens is 2. The molecule has 2 N–H and O–H groups in total. The first kappa shape index (κ1) is 13.7. The number of nitrogens with two attached hydrogens (primary N) is 1. The van der Waals surface area contributed by atoms with Gasteiger partial charge in [0, 0.05) is 5.56 Å². The van der Waals surface area contributed by atoms with E-state index in [-0.39, 0.29) is 5.56 Å². The monoisotopic (exact) mass is 261 g/mol. The van der Waals surface area contributed by atoms with Gasteiger partial charge in [0.25, 0.3) is 0 Å². The summed E-state index contributed by atoms with van der Waals surface area (Å²) in [6.07, 6.45) is 0. The van der Waals surface area contributed by atoms with Gasteiger partial charge in [-0.15, -0.1) is 0 Å². The molecule has 1 nitrogen and oxygen atoms in total. The van der Waals surface area contributed by atoms with Crippen molar-refractivity contribution >= 4 is 0 Å². The van der Waals surface area contributed by atoms with E-state index in [1.165, 1.54) is 12.1 Å². The van der Waals surface area contributed by atoms with Gasteiger partial charge < -0.3 is 5.73 Å². The van der Waals surface area contributed by atoms with Gasteiger partial charge in [0.2, 0.25) is 0 Å². The molecular formula is C16H17F2N. The quantitative estimate of drug-likeness (QED) is 0.870. The summed E-state index contributed by atoms with van der Waals surface area (Å²) in [6.45, 7) is 5.87. The fourth-order valence-electron chi connectivity index (χ4n) is 2.60. The molecule has 2 aromatic carbocycles. The highest BCUT2D eigenvalue weighted by Gasteiger charge is 2.19. The Morgan fingerprint density at radius 3 is 2.16 bits per heavy atom. The predicted molar refractivity (Wildman–Crippen MR) is 73.0 cm³/mol. The van der Waals surface area contributed by atoms with E-state index >= 15 is 0 Å². The van der Waals surface area contributed by atoms with Crippen molar-refractivity contribution in [3.05, 3.63) is 69.8 Å². The Morgan fingerprint density at radius 2 is 1.58 bits per heavy atom. The summed E-state index contributed by atoms with van der Waals surface area (Å²) in [6, 6.07) is 7.45. The summed E-state index contributed by atoms with van der Waals surface area (Å²) in [5, 5.41) is 0. The van der Waals surface area contributed by atoms with Crippen LogP contribution in [0.1, 0.15) is 33.9 Å². The lowest BCUT2D eigenvalue weighted by atomic mass is 9.90. The third-order valence-corrected chi connectivity index (χ3v) is 3.37. The van der Waals surface area contributed by atoms with Gasteiger partial charge in [-0.2, -0.15) is 0 Å². The Kier molecular flexibility index (Phi) is 3.67. The highest BCUT2D eigenvalue weighted by atomic mass is 19.2. The second-order valence-electron chi connectivity index (χ2n) is 4.93. The Morgan fingerprint density at radius 1 is 1.00 bits per heavy atom. The van der Waals surface area contributed by atoms with Crippen molar-refractivity contribution in [3.8, 4) is 0 Å². The van der Waals surface area contributed by atoms with Gasteiger partial charge in [-0.25, -0.2) is 8.78 Å². The van der Waals surface area contributed by atoms with Gasteiger partial charge in [0.15, 0.2) is 11.6 Å². The molecule has 0 spiro atoms. The molecule has 19 heavy (non-hydrogen) atoms. The topological polar surface area (TPSA) is 26.0 Å². The molecule has 0 aliphatic rings. The fraction of sp³-hybridized carbons (Fsp3) is 0.250. The van der Waals surface area contributed by atoms with Crippen LogP contribution in [0, 0.1) is 32.4 Å². The van der Waals surface area contributed by atoms with Crippen LogP contribution in [0.3, 0.4) is 0 Å². The van der Waals surface area contributed by atoms with Gasteiger partial charge >= 0.3 is 0 Å². The van der Waals surface area contributed by atoms with Crippen molar-refractivity contribution in [1.82, 2.24) is 0 Å². The smallest absolute Gasteiger partial charge is 0.163 e. The molecule has 0 heterocycles. The standard InChI is InChI=1S/C16H17F2N/c1-9-7-10(2)14(11(3)8-9)16(19)12-5-4-6-13(17)15(12)18/h4-8,16H,19H2,1-3H3. The minimum Gasteiger partial charge on any atom is -0.320 e. The van der Waals surface area contributed by atoms with E-state index < -0.39 is 17.7 Å².